The Hall–Kier alpha value is -3.26. The van der Waals surface area contributed by atoms with E-state index in [9.17, 15) is 9.59 Å². The number of ether oxygens (including phenoxy) is 2. The number of carbonyl (C=O) groups excluding carboxylic acids is 2. The summed E-state index contributed by atoms with van der Waals surface area (Å²) in [5.74, 6) is 0.671. The third-order valence-corrected chi connectivity index (χ3v) is 4.60. The molecule has 0 aliphatic heterocycles. The summed E-state index contributed by atoms with van der Waals surface area (Å²) in [5, 5.41) is 7.00. The topological polar surface area (TPSA) is 89.8 Å². The van der Waals surface area contributed by atoms with Gasteiger partial charge in [0.25, 0.3) is 0 Å². The molecule has 2 aromatic heterocycles. The van der Waals surface area contributed by atoms with Crippen molar-refractivity contribution >= 4 is 28.8 Å². The summed E-state index contributed by atoms with van der Waals surface area (Å²) < 4.78 is 16.0. The Morgan fingerprint density at radius 2 is 1.93 bits per heavy atom. The molecule has 0 atom stereocenters. The maximum atomic E-state index is 12.1. The summed E-state index contributed by atoms with van der Waals surface area (Å²) in [6.07, 6.45) is 0. The van der Waals surface area contributed by atoms with E-state index in [1.807, 2.05) is 23.6 Å². The SMILES string of the molecule is COc1ccc(NC(=O)C(=O)NCc2ccc(-c3cccs3)o2)c(OC)c1. The fraction of sp³-hybridized carbons (Fsp3) is 0.158. The van der Waals surface area contributed by atoms with Crippen LogP contribution in [0.25, 0.3) is 10.6 Å². The average molecular weight is 386 g/mol. The molecule has 2 amide bonds. The lowest BCUT2D eigenvalue weighted by molar-refractivity contribution is -0.136. The Balaban J connectivity index is 1.57. The molecule has 2 N–H and O–H groups in total. The van der Waals surface area contributed by atoms with Gasteiger partial charge in [0, 0.05) is 6.07 Å². The largest absolute Gasteiger partial charge is 0.497 e. The van der Waals surface area contributed by atoms with Gasteiger partial charge in [-0.15, -0.1) is 11.3 Å². The van der Waals surface area contributed by atoms with E-state index in [-0.39, 0.29) is 6.54 Å². The third-order valence-electron chi connectivity index (χ3n) is 3.71. The Labute approximate surface area is 159 Å². The summed E-state index contributed by atoms with van der Waals surface area (Å²) in [6.45, 7) is 0.109. The first-order chi connectivity index (χ1) is 13.1. The lowest BCUT2D eigenvalue weighted by Crippen LogP contribution is -2.34. The molecule has 0 aliphatic carbocycles. The van der Waals surface area contributed by atoms with Crippen molar-refractivity contribution in [2.45, 2.75) is 6.54 Å². The molecule has 140 valence electrons. The first-order valence-corrected chi connectivity index (χ1v) is 8.92. The first kappa shape index (κ1) is 18.5. The third kappa shape index (κ3) is 4.48. The average Bonchev–Trinajstić information content (AvgIpc) is 3.37. The minimum Gasteiger partial charge on any atom is -0.497 e. The predicted octanol–water partition coefficient (Wildman–Crippen LogP) is 3.28. The van der Waals surface area contributed by atoms with Crippen LogP contribution in [-0.4, -0.2) is 26.0 Å². The Morgan fingerprint density at radius 1 is 1.07 bits per heavy atom. The number of methoxy groups -OCH3 is 2. The lowest BCUT2D eigenvalue weighted by atomic mass is 10.2. The summed E-state index contributed by atoms with van der Waals surface area (Å²) >= 11 is 1.56. The van der Waals surface area contributed by atoms with Crippen molar-refractivity contribution in [3.8, 4) is 22.1 Å². The van der Waals surface area contributed by atoms with Crippen LogP contribution < -0.4 is 20.1 Å². The van der Waals surface area contributed by atoms with Crippen molar-refractivity contribution in [3.05, 3.63) is 53.6 Å². The van der Waals surface area contributed by atoms with Gasteiger partial charge in [-0.3, -0.25) is 9.59 Å². The van der Waals surface area contributed by atoms with Gasteiger partial charge in [-0.2, -0.15) is 0 Å². The van der Waals surface area contributed by atoms with Gasteiger partial charge in [0.1, 0.15) is 23.0 Å². The highest BCUT2D eigenvalue weighted by Crippen LogP contribution is 2.29. The van der Waals surface area contributed by atoms with Crippen molar-refractivity contribution < 1.29 is 23.5 Å². The second-order valence-corrected chi connectivity index (χ2v) is 6.39. The molecule has 0 radical (unpaired) electrons. The van der Waals surface area contributed by atoms with Crippen LogP contribution in [0.1, 0.15) is 5.76 Å². The van der Waals surface area contributed by atoms with E-state index in [2.05, 4.69) is 10.6 Å². The van der Waals surface area contributed by atoms with E-state index in [1.54, 1.807) is 35.6 Å². The molecular formula is C19H18N2O5S. The number of benzene rings is 1. The van der Waals surface area contributed by atoms with Crippen LogP contribution in [0.2, 0.25) is 0 Å². The number of hydrogen-bond donors (Lipinski definition) is 2. The highest BCUT2D eigenvalue weighted by molar-refractivity contribution is 7.13. The van der Waals surface area contributed by atoms with Crippen molar-refractivity contribution in [2.75, 3.05) is 19.5 Å². The summed E-state index contributed by atoms with van der Waals surface area (Å²) in [5.41, 5.74) is 0.372. The van der Waals surface area contributed by atoms with E-state index < -0.39 is 11.8 Å². The summed E-state index contributed by atoms with van der Waals surface area (Å²) in [6, 6.07) is 12.3. The van der Waals surface area contributed by atoms with E-state index in [4.69, 9.17) is 13.9 Å². The van der Waals surface area contributed by atoms with Crippen LogP contribution >= 0.6 is 11.3 Å². The molecule has 3 aromatic rings. The van der Waals surface area contributed by atoms with Crippen molar-refractivity contribution in [2.24, 2.45) is 0 Å². The molecular weight excluding hydrogens is 368 g/mol. The predicted molar refractivity (Wildman–Crippen MR) is 102 cm³/mol. The van der Waals surface area contributed by atoms with Crippen LogP contribution in [-0.2, 0) is 16.1 Å². The molecule has 3 rings (SSSR count). The van der Waals surface area contributed by atoms with E-state index in [0.29, 0.717) is 22.9 Å². The summed E-state index contributed by atoms with van der Waals surface area (Å²) in [7, 11) is 2.99. The zero-order chi connectivity index (χ0) is 19.2. The number of thiophene rings is 1. The van der Waals surface area contributed by atoms with E-state index in [0.717, 1.165) is 10.6 Å². The second kappa shape index (κ2) is 8.41. The number of amides is 2. The minimum absolute atomic E-state index is 0.109. The van der Waals surface area contributed by atoms with Gasteiger partial charge >= 0.3 is 11.8 Å². The Morgan fingerprint density at radius 3 is 2.63 bits per heavy atom. The van der Waals surface area contributed by atoms with Gasteiger partial charge in [-0.25, -0.2) is 0 Å². The molecule has 0 fully saturated rings. The highest BCUT2D eigenvalue weighted by atomic mass is 32.1. The number of hydrogen-bond acceptors (Lipinski definition) is 6. The molecule has 0 spiro atoms. The van der Waals surface area contributed by atoms with Crippen molar-refractivity contribution in [1.29, 1.82) is 0 Å². The Kier molecular flexibility index (Phi) is 5.77. The van der Waals surface area contributed by atoms with Gasteiger partial charge < -0.3 is 24.5 Å². The van der Waals surface area contributed by atoms with Crippen LogP contribution in [0.5, 0.6) is 11.5 Å². The molecule has 0 saturated heterocycles. The van der Waals surface area contributed by atoms with Crippen molar-refractivity contribution in [1.82, 2.24) is 5.32 Å². The second-order valence-electron chi connectivity index (χ2n) is 5.45. The smallest absolute Gasteiger partial charge is 0.313 e. The van der Waals surface area contributed by atoms with Crippen LogP contribution in [0.3, 0.4) is 0 Å². The zero-order valence-electron chi connectivity index (χ0n) is 14.8. The Bertz CT molecular complexity index is 933. The number of anilines is 1. The molecule has 0 unspecified atom stereocenters. The quantitative estimate of drug-likeness (QED) is 0.635. The number of rotatable bonds is 6. The molecule has 0 aliphatic rings. The number of nitrogens with one attached hydrogen (secondary N) is 2. The highest BCUT2D eigenvalue weighted by Gasteiger charge is 2.17. The molecule has 27 heavy (non-hydrogen) atoms. The standard InChI is InChI=1S/C19H18N2O5S/c1-24-12-5-7-14(16(10-12)25-2)21-19(23)18(22)20-11-13-6-8-15(26-13)17-4-3-9-27-17/h3-10H,11H2,1-2H3,(H,20,22)(H,21,23). The van der Waals surface area contributed by atoms with Gasteiger partial charge in [0.15, 0.2) is 0 Å². The fourth-order valence-corrected chi connectivity index (χ4v) is 3.04. The van der Waals surface area contributed by atoms with Gasteiger partial charge in [-0.05, 0) is 35.7 Å². The monoisotopic (exact) mass is 386 g/mol. The maximum Gasteiger partial charge on any atom is 0.313 e. The van der Waals surface area contributed by atoms with Gasteiger partial charge in [0.2, 0.25) is 0 Å². The first-order valence-electron chi connectivity index (χ1n) is 8.04. The fourth-order valence-electron chi connectivity index (χ4n) is 2.35. The zero-order valence-corrected chi connectivity index (χ0v) is 15.6. The van der Waals surface area contributed by atoms with E-state index in [1.165, 1.54) is 14.2 Å². The van der Waals surface area contributed by atoms with Crippen LogP contribution in [0.15, 0.2) is 52.3 Å². The van der Waals surface area contributed by atoms with Crippen LogP contribution in [0, 0.1) is 0 Å². The molecule has 2 heterocycles. The molecule has 0 bridgehead atoms. The van der Waals surface area contributed by atoms with E-state index >= 15 is 0 Å². The van der Waals surface area contributed by atoms with Crippen molar-refractivity contribution in [3.63, 3.8) is 0 Å². The number of carbonyl (C=O) groups is 2. The summed E-state index contributed by atoms with van der Waals surface area (Å²) in [4.78, 5) is 25.2. The number of furan rings is 1. The maximum absolute atomic E-state index is 12.1. The minimum atomic E-state index is -0.802. The normalized spacial score (nSPS) is 10.3. The van der Waals surface area contributed by atoms with Crippen LogP contribution in [0.4, 0.5) is 5.69 Å². The molecule has 8 heteroatoms. The molecule has 0 saturated carbocycles. The van der Waals surface area contributed by atoms with Gasteiger partial charge in [0.05, 0.1) is 31.3 Å². The van der Waals surface area contributed by atoms with Gasteiger partial charge in [-0.1, -0.05) is 6.07 Å². The lowest BCUT2D eigenvalue weighted by Gasteiger charge is -2.11. The molecule has 1 aromatic carbocycles. The molecule has 7 nitrogen and oxygen atoms in total.